The first-order chi connectivity index (χ1) is 14.0. The van der Waals surface area contributed by atoms with Gasteiger partial charge in [-0.25, -0.2) is 4.39 Å². The SMILES string of the molecule is Cn1c(C(=O)NCC(=O)Nc2cnn(Cc3ccc(F)cc3)c2)cc2sccc21. The zero-order valence-electron chi connectivity index (χ0n) is 15.6. The quantitative estimate of drug-likeness (QED) is 0.512. The lowest BCUT2D eigenvalue weighted by Crippen LogP contribution is -2.33. The molecule has 2 amide bonds. The van der Waals surface area contributed by atoms with Gasteiger partial charge in [-0.1, -0.05) is 12.1 Å². The van der Waals surface area contributed by atoms with Gasteiger partial charge in [-0.2, -0.15) is 5.10 Å². The van der Waals surface area contributed by atoms with Crippen LogP contribution in [0.2, 0.25) is 0 Å². The smallest absolute Gasteiger partial charge is 0.268 e. The van der Waals surface area contributed by atoms with Gasteiger partial charge < -0.3 is 15.2 Å². The second kappa shape index (κ2) is 7.88. The van der Waals surface area contributed by atoms with Crippen molar-refractivity contribution < 1.29 is 14.0 Å². The minimum atomic E-state index is -0.351. The number of hydrogen-bond acceptors (Lipinski definition) is 4. The summed E-state index contributed by atoms with van der Waals surface area (Å²) in [6.07, 6.45) is 3.20. The van der Waals surface area contributed by atoms with Crippen molar-refractivity contribution in [3.05, 3.63) is 71.2 Å². The first-order valence-corrected chi connectivity index (χ1v) is 9.75. The Morgan fingerprint density at radius 2 is 2.00 bits per heavy atom. The fourth-order valence-electron chi connectivity index (χ4n) is 3.02. The van der Waals surface area contributed by atoms with Crippen LogP contribution in [0.25, 0.3) is 10.2 Å². The zero-order chi connectivity index (χ0) is 20.4. The Balaban J connectivity index is 1.31. The minimum Gasteiger partial charge on any atom is -0.342 e. The van der Waals surface area contributed by atoms with E-state index >= 15 is 0 Å². The van der Waals surface area contributed by atoms with Crippen molar-refractivity contribution in [1.29, 1.82) is 0 Å². The molecule has 0 unspecified atom stereocenters. The highest BCUT2D eigenvalue weighted by atomic mass is 32.1. The second-order valence-corrected chi connectivity index (χ2v) is 7.49. The molecule has 0 aliphatic carbocycles. The lowest BCUT2D eigenvalue weighted by molar-refractivity contribution is -0.115. The van der Waals surface area contributed by atoms with Gasteiger partial charge >= 0.3 is 0 Å². The van der Waals surface area contributed by atoms with E-state index in [1.165, 1.54) is 18.3 Å². The number of anilines is 1. The number of hydrogen-bond donors (Lipinski definition) is 2. The van der Waals surface area contributed by atoms with Crippen LogP contribution in [0.15, 0.2) is 54.2 Å². The van der Waals surface area contributed by atoms with Crippen molar-refractivity contribution in [2.45, 2.75) is 6.54 Å². The van der Waals surface area contributed by atoms with E-state index < -0.39 is 0 Å². The molecule has 0 spiro atoms. The van der Waals surface area contributed by atoms with E-state index in [2.05, 4.69) is 15.7 Å². The fraction of sp³-hybridized carbons (Fsp3) is 0.150. The topological polar surface area (TPSA) is 81.0 Å². The molecule has 3 aromatic heterocycles. The van der Waals surface area contributed by atoms with Crippen LogP contribution >= 0.6 is 11.3 Å². The average Bonchev–Trinajstić information content (AvgIpc) is 3.40. The molecule has 7 nitrogen and oxygen atoms in total. The van der Waals surface area contributed by atoms with Gasteiger partial charge in [0, 0.05) is 13.2 Å². The maximum atomic E-state index is 13.0. The van der Waals surface area contributed by atoms with Gasteiger partial charge in [0.2, 0.25) is 5.91 Å². The number of aromatic nitrogens is 3. The number of nitrogens with one attached hydrogen (secondary N) is 2. The molecule has 29 heavy (non-hydrogen) atoms. The van der Waals surface area contributed by atoms with Crippen molar-refractivity contribution in [3.8, 4) is 0 Å². The molecule has 0 saturated heterocycles. The predicted molar refractivity (Wildman–Crippen MR) is 109 cm³/mol. The van der Waals surface area contributed by atoms with Crippen LogP contribution in [0, 0.1) is 5.82 Å². The van der Waals surface area contributed by atoms with E-state index in [0.717, 1.165) is 15.8 Å². The first kappa shape index (κ1) is 18.9. The highest BCUT2D eigenvalue weighted by Crippen LogP contribution is 2.24. The Labute approximate surface area is 169 Å². The minimum absolute atomic E-state index is 0.152. The summed E-state index contributed by atoms with van der Waals surface area (Å²) in [5, 5.41) is 11.5. The second-order valence-electron chi connectivity index (χ2n) is 6.54. The Morgan fingerprint density at radius 1 is 1.21 bits per heavy atom. The predicted octanol–water partition coefficient (Wildman–Crippen LogP) is 2.99. The van der Waals surface area contributed by atoms with Crippen LogP contribution < -0.4 is 10.6 Å². The molecule has 4 aromatic rings. The summed E-state index contributed by atoms with van der Waals surface area (Å²) in [5.74, 6) is -0.951. The number of halogens is 1. The third-order valence-electron chi connectivity index (χ3n) is 4.48. The molecule has 2 N–H and O–H groups in total. The molecule has 3 heterocycles. The third kappa shape index (κ3) is 4.19. The maximum absolute atomic E-state index is 13.0. The van der Waals surface area contributed by atoms with Crippen molar-refractivity contribution in [2.75, 3.05) is 11.9 Å². The zero-order valence-corrected chi connectivity index (χ0v) is 16.4. The largest absolute Gasteiger partial charge is 0.342 e. The monoisotopic (exact) mass is 411 g/mol. The summed E-state index contributed by atoms with van der Waals surface area (Å²) in [5.41, 5.74) is 2.90. The Hall–Kier alpha value is -3.46. The van der Waals surface area contributed by atoms with Crippen molar-refractivity contribution >= 4 is 39.1 Å². The summed E-state index contributed by atoms with van der Waals surface area (Å²) in [6.45, 7) is 0.304. The van der Waals surface area contributed by atoms with Crippen LogP contribution in [0.5, 0.6) is 0 Å². The van der Waals surface area contributed by atoms with Gasteiger partial charge in [0.1, 0.15) is 11.5 Å². The molecular weight excluding hydrogens is 393 g/mol. The molecule has 0 bridgehead atoms. The summed E-state index contributed by atoms with van der Waals surface area (Å²) >= 11 is 1.56. The lowest BCUT2D eigenvalue weighted by atomic mass is 10.2. The van der Waals surface area contributed by atoms with E-state index in [4.69, 9.17) is 0 Å². The number of benzene rings is 1. The molecule has 9 heteroatoms. The highest BCUT2D eigenvalue weighted by Gasteiger charge is 2.15. The van der Waals surface area contributed by atoms with Gasteiger partial charge in [-0.3, -0.25) is 14.3 Å². The van der Waals surface area contributed by atoms with E-state index in [1.54, 1.807) is 38.9 Å². The van der Waals surface area contributed by atoms with Crippen LogP contribution in [0.3, 0.4) is 0 Å². The molecule has 0 radical (unpaired) electrons. The maximum Gasteiger partial charge on any atom is 0.268 e. The van der Waals surface area contributed by atoms with E-state index in [9.17, 15) is 14.0 Å². The summed E-state index contributed by atoms with van der Waals surface area (Å²) in [4.78, 5) is 24.5. The molecule has 1 aromatic carbocycles. The Bertz CT molecular complexity index is 1180. The van der Waals surface area contributed by atoms with E-state index in [0.29, 0.717) is 17.9 Å². The van der Waals surface area contributed by atoms with Gasteiger partial charge in [-0.15, -0.1) is 11.3 Å². The lowest BCUT2D eigenvalue weighted by Gasteiger charge is -2.06. The Kier molecular flexibility index (Phi) is 5.13. The summed E-state index contributed by atoms with van der Waals surface area (Å²) < 4.78 is 17.4. The van der Waals surface area contributed by atoms with Gasteiger partial charge in [0.15, 0.2) is 0 Å². The number of aryl methyl sites for hydroxylation is 1. The van der Waals surface area contributed by atoms with Crippen LogP contribution in [0.1, 0.15) is 16.1 Å². The average molecular weight is 411 g/mol. The normalized spacial score (nSPS) is 11.0. The van der Waals surface area contributed by atoms with Crippen molar-refractivity contribution in [3.63, 3.8) is 0 Å². The van der Waals surface area contributed by atoms with Gasteiger partial charge in [0.25, 0.3) is 5.91 Å². The highest BCUT2D eigenvalue weighted by molar-refractivity contribution is 7.17. The fourth-order valence-corrected chi connectivity index (χ4v) is 3.86. The third-order valence-corrected chi connectivity index (χ3v) is 5.33. The summed E-state index contributed by atoms with van der Waals surface area (Å²) in [7, 11) is 1.82. The van der Waals surface area contributed by atoms with Gasteiger partial charge in [-0.05, 0) is 35.2 Å². The van der Waals surface area contributed by atoms with Crippen LogP contribution in [-0.4, -0.2) is 32.7 Å². The number of thiophene rings is 1. The van der Waals surface area contributed by atoms with Crippen LogP contribution in [-0.2, 0) is 18.4 Å². The van der Waals surface area contributed by atoms with Crippen molar-refractivity contribution in [2.24, 2.45) is 7.05 Å². The molecule has 0 fully saturated rings. The molecule has 4 rings (SSSR count). The molecular formula is C20H18FN5O2S. The standard InChI is InChI=1S/C20H18FN5O2S/c1-25-16-6-7-29-18(16)8-17(25)20(28)22-10-19(27)24-15-9-23-26(12-15)11-13-2-4-14(21)5-3-13/h2-9,12H,10-11H2,1H3,(H,22,28)(H,24,27). The number of nitrogens with zero attached hydrogens (tertiary/aromatic N) is 3. The molecule has 148 valence electrons. The molecule has 0 aliphatic heterocycles. The van der Waals surface area contributed by atoms with Crippen LogP contribution in [0.4, 0.5) is 10.1 Å². The molecule has 0 saturated carbocycles. The summed E-state index contributed by atoms with van der Waals surface area (Å²) in [6, 6.07) is 9.90. The number of carbonyl (C=O) groups excluding carboxylic acids is 2. The number of rotatable bonds is 6. The van der Waals surface area contributed by atoms with Gasteiger partial charge in [0.05, 0.1) is 35.2 Å². The first-order valence-electron chi connectivity index (χ1n) is 8.87. The number of fused-ring (bicyclic) bond motifs is 1. The number of carbonyl (C=O) groups is 2. The van der Waals surface area contributed by atoms with E-state index in [-0.39, 0.29) is 24.2 Å². The molecule has 0 atom stereocenters. The number of amides is 2. The molecule has 0 aliphatic rings. The van der Waals surface area contributed by atoms with Crippen molar-refractivity contribution in [1.82, 2.24) is 19.7 Å². The van der Waals surface area contributed by atoms with E-state index in [1.807, 2.05) is 24.6 Å². The Morgan fingerprint density at radius 3 is 2.76 bits per heavy atom.